The highest BCUT2D eigenvalue weighted by molar-refractivity contribution is 5.86. The van der Waals surface area contributed by atoms with Gasteiger partial charge in [0.2, 0.25) is 11.8 Å². The molecule has 3 N–H and O–H groups in total. The topological polar surface area (TPSA) is 95.3 Å². The molecule has 0 aliphatic carbocycles. The van der Waals surface area contributed by atoms with Crippen LogP contribution in [0.5, 0.6) is 0 Å². The van der Waals surface area contributed by atoms with Crippen LogP contribution in [0.3, 0.4) is 0 Å². The minimum Gasteiger partial charge on any atom is -0.348 e. The molecule has 0 saturated carbocycles. The summed E-state index contributed by atoms with van der Waals surface area (Å²) in [5, 5.41) is 0. The Morgan fingerprint density at radius 1 is 1.30 bits per heavy atom. The third-order valence-electron chi connectivity index (χ3n) is 5.62. The van der Waals surface area contributed by atoms with Crippen molar-refractivity contribution < 1.29 is 9.59 Å². The van der Waals surface area contributed by atoms with Crippen molar-refractivity contribution in [2.45, 2.75) is 51.5 Å². The number of carbonyl (C=O) groups is 2. The predicted octanol–water partition coefficient (Wildman–Crippen LogP) is 1.76. The fourth-order valence-electron chi connectivity index (χ4n) is 3.98. The molecule has 9 heteroatoms. The van der Waals surface area contributed by atoms with Gasteiger partial charge in [0, 0.05) is 50.9 Å². The summed E-state index contributed by atoms with van der Waals surface area (Å²) in [5.41, 5.74) is 6.34. The molecule has 3 heterocycles. The number of hydrogen-bond donors (Lipinski definition) is 2. The van der Waals surface area contributed by atoms with Gasteiger partial charge in [-0.3, -0.25) is 9.59 Å². The van der Waals surface area contributed by atoms with Crippen LogP contribution in [0.2, 0.25) is 0 Å². The molecule has 2 aliphatic rings. The molecule has 1 spiro atoms. The fourth-order valence-corrected chi connectivity index (χ4v) is 3.98. The lowest BCUT2D eigenvalue weighted by Crippen LogP contribution is -2.57. The van der Waals surface area contributed by atoms with Crippen molar-refractivity contribution in [3.8, 4) is 0 Å². The van der Waals surface area contributed by atoms with E-state index < -0.39 is 5.54 Å². The standard InChI is InChI=1S/C18H29N5O2.2ClH/c1-17(2,19)16(25)22-9-6-18(7-10-22)5-3-15(24)23(12-18)8-4-14-11-20-13-21-14;;/h11,13H,3-10,12,19H2,1-2H3,(H,20,21);2*1H. The maximum atomic E-state index is 12.4. The van der Waals surface area contributed by atoms with Crippen LogP contribution in [0.15, 0.2) is 12.5 Å². The molecule has 2 amide bonds. The average molecular weight is 420 g/mol. The van der Waals surface area contributed by atoms with E-state index in [1.807, 2.05) is 16.0 Å². The minimum atomic E-state index is -0.816. The SMILES string of the molecule is CC(C)(N)C(=O)N1CCC2(CCC(=O)N(CCc3cnc[nH]3)C2)CC1.Cl.Cl. The van der Waals surface area contributed by atoms with E-state index in [4.69, 9.17) is 5.73 Å². The smallest absolute Gasteiger partial charge is 0.242 e. The first kappa shape index (κ1) is 23.7. The van der Waals surface area contributed by atoms with Crippen molar-refractivity contribution in [2.24, 2.45) is 11.1 Å². The Hall–Kier alpha value is -1.31. The number of carbonyl (C=O) groups excluding carboxylic acids is 2. The predicted molar refractivity (Wildman–Crippen MR) is 109 cm³/mol. The number of H-pyrrole nitrogens is 1. The summed E-state index contributed by atoms with van der Waals surface area (Å²) in [7, 11) is 0. The number of amides is 2. The van der Waals surface area contributed by atoms with Crippen LogP contribution < -0.4 is 5.73 Å². The van der Waals surface area contributed by atoms with Crippen molar-refractivity contribution >= 4 is 36.6 Å². The molecule has 2 saturated heterocycles. The number of rotatable bonds is 4. The molecule has 2 aliphatic heterocycles. The van der Waals surface area contributed by atoms with Crippen LogP contribution in [0.25, 0.3) is 0 Å². The zero-order valence-electron chi connectivity index (χ0n) is 16.1. The molecule has 3 rings (SSSR count). The summed E-state index contributed by atoms with van der Waals surface area (Å²) in [4.78, 5) is 35.7. The van der Waals surface area contributed by atoms with Gasteiger partial charge in [0.15, 0.2) is 0 Å². The molecule has 0 radical (unpaired) electrons. The molecule has 2 fully saturated rings. The van der Waals surface area contributed by atoms with Gasteiger partial charge in [-0.1, -0.05) is 0 Å². The van der Waals surface area contributed by atoms with Crippen molar-refractivity contribution in [1.29, 1.82) is 0 Å². The molecule has 0 bridgehead atoms. The van der Waals surface area contributed by atoms with Crippen LogP contribution in [0.1, 0.15) is 45.2 Å². The van der Waals surface area contributed by atoms with Crippen LogP contribution in [-0.2, 0) is 16.0 Å². The van der Waals surface area contributed by atoms with Gasteiger partial charge >= 0.3 is 0 Å². The Kier molecular flexibility index (Phi) is 8.14. The Balaban J connectivity index is 0.00000182. The number of imidazole rings is 1. The maximum Gasteiger partial charge on any atom is 0.242 e. The maximum absolute atomic E-state index is 12.4. The highest BCUT2D eigenvalue weighted by Crippen LogP contribution is 2.40. The van der Waals surface area contributed by atoms with Gasteiger partial charge in [-0.05, 0) is 38.5 Å². The van der Waals surface area contributed by atoms with Gasteiger partial charge in [-0.25, -0.2) is 4.98 Å². The number of nitrogens with two attached hydrogens (primary N) is 1. The first-order valence-electron chi connectivity index (χ1n) is 9.12. The number of hydrogen-bond acceptors (Lipinski definition) is 4. The summed E-state index contributed by atoms with van der Waals surface area (Å²) < 4.78 is 0. The van der Waals surface area contributed by atoms with Crippen LogP contribution >= 0.6 is 24.8 Å². The lowest BCUT2D eigenvalue weighted by molar-refractivity contribution is -0.144. The molecular formula is C18H31Cl2N5O2. The van der Waals surface area contributed by atoms with E-state index in [1.165, 1.54) is 0 Å². The number of nitrogens with one attached hydrogen (secondary N) is 1. The third-order valence-corrected chi connectivity index (χ3v) is 5.62. The van der Waals surface area contributed by atoms with E-state index in [0.717, 1.165) is 57.6 Å². The lowest BCUT2D eigenvalue weighted by Gasteiger charge is -2.48. The highest BCUT2D eigenvalue weighted by atomic mass is 35.5. The molecule has 7 nitrogen and oxygen atoms in total. The van der Waals surface area contributed by atoms with Gasteiger partial charge in [-0.15, -0.1) is 24.8 Å². The highest BCUT2D eigenvalue weighted by Gasteiger charge is 2.42. The van der Waals surface area contributed by atoms with E-state index in [0.29, 0.717) is 6.42 Å². The Bertz CT molecular complexity index is 622. The van der Waals surface area contributed by atoms with E-state index in [1.54, 1.807) is 20.2 Å². The minimum absolute atomic E-state index is 0. The van der Waals surface area contributed by atoms with Crippen LogP contribution in [-0.4, -0.2) is 63.3 Å². The van der Waals surface area contributed by atoms with Crippen molar-refractivity contribution in [3.05, 3.63) is 18.2 Å². The molecule has 0 aromatic carbocycles. The number of halogens is 2. The van der Waals surface area contributed by atoms with Gasteiger partial charge in [0.05, 0.1) is 11.9 Å². The Labute approximate surface area is 173 Å². The monoisotopic (exact) mass is 419 g/mol. The summed E-state index contributed by atoms with van der Waals surface area (Å²) in [6.45, 7) is 6.52. The number of nitrogens with zero attached hydrogens (tertiary/aromatic N) is 3. The molecule has 1 aromatic rings. The second kappa shape index (κ2) is 9.26. The molecule has 0 unspecified atom stereocenters. The van der Waals surface area contributed by atoms with Crippen LogP contribution in [0.4, 0.5) is 0 Å². The first-order chi connectivity index (χ1) is 11.8. The molecule has 27 heavy (non-hydrogen) atoms. The number of likely N-dealkylation sites (tertiary alicyclic amines) is 2. The first-order valence-corrected chi connectivity index (χ1v) is 9.12. The fraction of sp³-hybridized carbons (Fsp3) is 0.722. The quantitative estimate of drug-likeness (QED) is 0.776. The summed E-state index contributed by atoms with van der Waals surface area (Å²) in [5.74, 6) is 0.261. The van der Waals surface area contributed by atoms with Gasteiger partial charge in [0.1, 0.15) is 0 Å². The zero-order valence-corrected chi connectivity index (χ0v) is 17.7. The Morgan fingerprint density at radius 2 is 1.96 bits per heavy atom. The molecule has 154 valence electrons. The summed E-state index contributed by atoms with van der Waals surface area (Å²) in [6.07, 6.45) is 7.71. The normalized spacial score (nSPS) is 19.4. The zero-order chi connectivity index (χ0) is 18.1. The van der Waals surface area contributed by atoms with E-state index in [-0.39, 0.29) is 42.0 Å². The van der Waals surface area contributed by atoms with E-state index >= 15 is 0 Å². The number of aromatic nitrogens is 2. The second-order valence-electron chi connectivity index (χ2n) is 8.16. The average Bonchev–Trinajstić information content (AvgIpc) is 3.09. The van der Waals surface area contributed by atoms with Crippen molar-refractivity contribution in [1.82, 2.24) is 19.8 Å². The van der Waals surface area contributed by atoms with Crippen molar-refractivity contribution in [3.63, 3.8) is 0 Å². The molecular weight excluding hydrogens is 389 g/mol. The van der Waals surface area contributed by atoms with Crippen molar-refractivity contribution in [2.75, 3.05) is 26.2 Å². The number of aromatic amines is 1. The summed E-state index contributed by atoms with van der Waals surface area (Å²) >= 11 is 0. The molecule has 0 atom stereocenters. The lowest BCUT2D eigenvalue weighted by atomic mass is 9.72. The summed E-state index contributed by atoms with van der Waals surface area (Å²) in [6, 6.07) is 0. The van der Waals surface area contributed by atoms with Gasteiger partial charge in [0.25, 0.3) is 0 Å². The van der Waals surface area contributed by atoms with Crippen LogP contribution in [0, 0.1) is 5.41 Å². The van der Waals surface area contributed by atoms with Gasteiger partial charge in [-0.2, -0.15) is 0 Å². The Morgan fingerprint density at radius 3 is 2.52 bits per heavy atom. The largest absolute Gasteiger partial charge is 0.348 e. The number of piperidine rings is 2. The second-order valence-corrected chi connectivity index (χ2v) is 8.16. The van der Waals surface area contributed by atoms with Gasteiger partial charge < -0.3 is 20.5 Å². The van der Waals surface area contributed by atoms with E-state index in [2.05, 4.69) is 9.97 Å². The third kappa shape index (κ3) is 5.59. The van der Waals surface area contributed by atoms with E-state index in [9.17, 15) is 9.59 Å². The molecule has 1 aromatic heterocycles.